The Balaban J connectivity index is 1.79. The van der Waals surface area contributed by atoms with Gasteiger partial charge in [0.05, 0.1) is 24.1 Å². The minimum Gasteiger partial charge on any atom is -0.465 e. The number of hydrogen-bond donors (Lipinski definition) is 2. The van der Waals surface area contributed by atoms with Crippen LogP contribution >= 0.6 is 35.2 Å². The number of carbonyl (C=O) groups excluding carboxylic acids is 2. The number of aromatic nitrogens is 2. The van der Waals surface area contributed by atoms with Crippen molar-refractivity contribution in [3.63, 3.8) is 0 Å². The lowest BCUT2D eigenvalue weighted by Gasteiger charge is -2.17. The zero-order valence-corrected chi connectivity index (χ0v) is 22.7. The molecule has 0 atom stereocenters. The molecule has 0 aliphatic carbocycles. The maximum atomic E-state index is 13.0. The number of hydrogen-bond acceptors (Lipinski definition) is 6. The first-order valence-electron chi connectivity index (χ1n) is 11.1. The summed E-state index contributed by atoms with van der Waals surface area (Å²) in [5.41, 5.74) is 2.86. The smallest absolute Gasteiger partial charge is 0.341 e. The van der Waals surface area contributed by atoms with Crippen LogP contribution < -0.4 is 10.6 Å². The number of halogens is 1. The van der Waals surface area contributed by atoms with Crippen molar-refractivity contribution in [3.05, 3.63) is 62.6 Å². The van der Waals surface area contributed by atoms with E-state index in [0.29, 0.717) is 51.5 Å². The predicted octanol–water partition coefficient (Wildman–Crippen LogP) is 5.34. The minimum absolute atomic E-state index is 0.133. The van der Waals surface area contributed by atoms with Crippen LogP contribution in [0.4, 0.5) is 10.8 Å². The third kappa shape index (κ3) is 6.19. The van der Waals surface area contributed by atoms with E-state index in [4.69, 9.17) is 28.6 Å². The van der Waals surface area contributed by atoms with E-state index in [2.05, 4.69) is 15.7 Å². The summed E-state index contributed by atoms with van der Waals surface area (Å²) in [6.45, 7) is 9.24. The van der Waals surface area contributed by atoms with Gasteiger partial charge in [0.1, 0.15) is 5.00 Å². The standard InChI is InChI=1S/C24H28ClN5O3S2/c1-6-29(7-2)22(31)20-15(4)19(23(32)33-5)21(35-20)27-24(34)26-18-12-14(3)30(28-18)13-16-8-10-17(25)11-9-16/h8-12H,6-7,13H2,1-5H3,(H2,26,27,28,34). The molecule has 3 aromatic rings. The minimum atomic E-state index is -0.536. The Morgan fingerprint density at radius 3 is 2.43 bits per heavy atom. The van der Waals surface area contributed by atoms with Crippen molar-refractivity contribution in [1.82, 2.24) is 14.7 Å². The lowest BCUT2D eigenvalue weighted by Crippen LogP contribution is -2.30. The number of nitrogens with zero attached hydrogens (tertiary/aromatic N) is 3. The summed E-state index contributed by atoms with van der Waals surface area (Å²) in [6.07, 6.45) is 0. The van der Waals surface area contributed by atoms with E-state index in [-0.39, 0.29) is 11.0 Å². The number of amides is 1. The molecule has 1 amide bonds. The van der Waals surface area contributed by atoms with Crippen LogP contribution in [0.15, 0.2) is 30.3 Å². The van der Waals surface area contributed by atoms with Crippen LogP contribution in [-0.4, -0.2) is 51.9 Å². The molecule has 186 valence electrons. The van der Waals surface area contributed by atoms with Crippen LogP contribution in [0.2, 0.25) is 5.02 Å². The van der Waals surface area contributed by atoms with Crippen molar-refractivity contribution in [2.45, 2.75) is 34.2 Å². The SMILES string of the molecule is CCN(CC)C(=O)c1sc(NC(=S)Nc2cc(C)n(Cc3ccc(Cl)cc3)n2)c(C(=O)OC)c1C. The number of anilines is 2. The molecule has 0 spiro atoms. The molecule has 1 aromatic carbocycles. The maximum absolute atomic E-state index is 13.0. The van der Waals surface area contributed by atoms with E-state index >= 15 is 0 Å². The molecule has 11 heteroatoms. The number of thiophene rings is 1. The number of aryl methyl sites for hydroxylation is 1. The summed E-state index contributed by atoms with van der Waals surface area (Å²) in [4.78, 5) is 27.7. The third-order valence-corrected chi connectivity index (χ3v) is 7.13. The van der Waals surface area contributed by atoms with Gasteiger partial charge in [-0.05, 0) is 63.2 Å². The van der Waals surface area contributed by atoms with Gasteiger partial charge in [0, 0.05) is 29.9 Å². The molecule has 0 aliphatic heterocycles. The molecule has 2 N–H and O–H groups in total. The fourth-order valence-corrected chi connectivity index (χ4v) is 5.12. The Morgan fingerprint density at radius 1 is 1.17 bits per heavy atom. The van der Waals surface area contributed by atoms with Crippen molar-refractivity contribution in [3.8, 4) is 0 Å². The van der Waals surface area contributed by atoms with Crippen molar-refractivity contribution in [2.24, 2.45) is 0 Å². The van der Waals surface area contributed by atoms with E-state index in [9.17, 15) is 9.59 Å². The Labute approximate surface area is 219 Å². The van der Waals surface area contributed by atoms with Crippen LogP contribution in [0.1, 0.15) is 50.7 Å². The largest absolute Gasteiger partial charge is 0.465 e. The van der Waals surface area contributed by atoms with Gasteiger partial charge >= 0.3 is 5.97 Å². The molecule has 0 aliphatic rings. The van der Waals surface area contributed by atoms with Gasteiger partial charge in [0.15, 0.2) is 10.9 Å². The Bertz CT molecular complexity index is 1230. The topological polar surface area (TPSA) is 88.5 Å². The van der Waals surface area contributed by atoms with E-state index in [1.807, 2.05) is 55.8 Å². The lowest BCUT2D eigenvalue weighted by molar-refractivity contribution is 0.0601. The molecule has 0 saturated carbocycles. The molecular formula is C24H28ClN5O3S2. The van der Waals surface area contributed by atoms with E-state index in [0.717, 1.165) is 11.3 Å². The number of esters is 1. The first-order chi connectivity index (χ1) is 16.7. The Kier molecular flexibility index (Phi) is 8.87. The normalized spacial score (nSPS) is 10.7. The second-order valence-electron chi connectivity index (χ2n) is 7.76. The van der Waals surface area contributed by atoms with Crippen LogP contribution in [-0.2, 0) is 11.3 Å². The summed E-state index contributed by atoms with van der Waals surface area (Å²) < 4.78 is 6.81. The van der Waals surface area contributed by atoms with Gasteiger partial charge in [-0.1, -0.05) is 23.7 Å². The maximum Gasteiger partial charge on any atom is 0.341 e. The summed E-state index contributed by atoms with van der Waals surface area (Å²) in [5.74, 6) is -0.113. The van der Waals surface area contributed by atoms with Gasteiger partial charge in [0.2, 0.25) is 0 Å². The highest BCUT2D eigenvalue weighted by Gasteiger charge is 2.27. The van der Waals surface area contributed by atoms with Crippen molar-refractivity contribution in [1.29, 1.82) is 0 Å². The Morgan fingerprint density at radius 2 is 1.83 bits per heavy atom. The molecule has 2 heterocycles. The first kappa shape index (κ1) is 26.7. The molecule has 0 saturated heterocycles. The van der Waals surface area contributed by atoms with Crippen LogP contribution in [0.3, 0.4) is 0 Å². The average Bonchev–Trinajstić information content (AvgIpc) is 3.33. The highest BCUT2D eigenvalue weighted by molar-refractivity contribution is 7.80. The zero-order valence-electron chi connectivity index (χ0n) is 20.3. The van der Waals surface area contributed by atoms with Gasteiger partial charge in [-0.25, -0.2) is 4.79 Å². The highest BCUT2D eigenvalue weighted by atomic mass is 35.5. The molecule has 0 radical (unpaired) electrons. The number of ether oxygens (including phenoxy) is 1. The summed E-state index contributed by atoms with van der Waals surface area (Å²) in [6, 6.07) is 9.46. The molecule has 0 bridgehead atoms. The number of thiocarbonyl (C=S) groups is 1. The number of nitrogens with one attached hydrogen (secondary N) is 2. The number of benzene rings is 1. The quantitative estimate of drug-likeness (QED) is 0.298. The lowest BCUT2D eigenvalue weighted by atomic mass is 10.1. The fourth-order valence-electron chi connectivity index (χ4n) is 3.55. The zero-order chi connectivity index (χ0) is 25.7. The third-order valence-electron chi connectivity index (χ3n) is 5.48. The molecule has 8 nitrogen and oxygen atoms in total. The van der Waals surface area contributed by atoms with Gasteiger partial charge < -0.3 is 20.3 Å². The van der Waals surface area contributed by atoms with E-state index in [1.165, 1.54) is 18.4 Å². The van der Waals surface area contributed by atoms with Gasteiger partial charge in [-0.2, -0.15) is 5.10 Å². The number of carbonyl (C=O) groups is 2. The number of rotatable bonds is 8. The molecule has 2 aromatic heterocycles. The Hall–Kier alpha value is -2.95. The van der Waals surface area contributed by atoms with Gasteiger partial charge in [0.25, 0.3) is 5.91 Å². The summed E-state index contributed by atoms with van der Waals surface area (Å²) in [7, 11) is 1.31. The average molecular weight is 534 g/mol. The second-order valence-corrected chi connectivity index (χ2v) is 9.63. The summed E-state index contributed by atoms with van der Waals surface area (Å²) in [5, 5.41) is 12.1. The van der Waals surface area contributed by atoms with Crippen LogP contribution in [0.5, 0.6) is 0 Å². The predicted molar refractivity (Wildman–Crippen MR) is 145 cm³/mol. The molecule has 35 heavy (non-hydrogen) atoms. The molecule has 0 unspecified atom stereocenters. The van der Waals surface area contributed by atoms with E-state index in [1.54, 1.807) is 11.8 Å². The van der Waals surface area contributed by atoms with Crippen molar-refractivity contribution in [2.75, 3.05) is 30.8 Å². The molecule has 0 fully saturated rings. The second kappa shape index (κ2) is 11.7. The van der Waals surface area contributed by atoms with Crippen LogP contribution in [0, 0.1) is 13.8 Å². The van der Waals surface area contributed by atoms with Crippen LogP contribution in [0.25, 0.3) is 0 Å². The van der Waals surface area contributed by atoms with Gasteiger partial charge in [-0.3, -0.25) is 9.48 Å². The summed E-state index contributed by atoms with van der Waals surface area (Å²) >= 11 is 12.6. The monoisotopic (exact) mass is 533 g/mol. The van der Waals surface area contributed by atoms with Crippen molar-refractivity contribution < 1.29 is 14.3 Å². The van der Waals surface area contributed by atoms with Gasteiger partial charge in [-0.15, -0.1) is 11.3 Å². The fraction of sp³-hybridized carbons (Fsp3) is 0.333. The van der Waals surface area contributed by atoms with Crippen molar-refractivity contribution >= 4 is 63.0 Å². The number of methoxy groups -OCH3 is 1. The van der Waals surface area contributed by atoms with E-state index < -0.39 is 5.97 Å². The highest BCUT2D eigenvalue weighted by Crippen LogP contribution is 2.34. The molecule has 3 rings (SSSR count). The molecular weight excluding hydrogens is 506 g/mol. The first-order valence-corrected chi connectivity index (χ1v) is 12.7.